The quantitative estimate of drug-likeness (QED) is 0.790. The second-order valence-electron chi connectivity index (χ2n) is 7.39. The number of nitrogens with zero attached hydrogens (tertiary/aromatic N) is 2. The Labute approximate surface area is 121 Å². The molecule has 0 aliphatic carbocycles. The van der Waals surface area contributed by atoms with Gasteiger partial charge in [0.1, 0.15) is 5.60 Å². The number of amides is 1. The van der Waals surface area contributed by atoms with E-state index in [4.69, 9.17) is 4.74 Å². The standard InChI is InChI=1S/C15H27N3O2/c1-15(2,3)20-14(19)18-12-7-13(18)10-17(9-12)11-5-4-6-16-8-11/h11-13,16H,4-10H2,1-3H3. The zero-order valence-corrected chi connectivity index (χ0v) is 12.9. The smallest absolute Gasteiger partial charge is 0.410 e. The number of nitrogens with one attached hydrogen (secondary N) is 1. The lowest BCUT2D eigenvalue weighted by Crippen LogP contribution is -2.72. The fourth-order valence-corrected chi connectivity index (χ4v) is 3.70. The maximum absolute atomic E-state index is 12.2. The Balaban J connectivity index is 1.55. The second-order valence-corrected chi connectivity index (χ2v) is 7.39. The van der Waals surface area contributed by atoms with Crippen molar-refractivity contribution in [2.75, 3.05) is 26.2 Å². The van der Waals surface area contributed by atoms with Crippen molar-refractivity contribution in [3.63, 3.8) is 0 Å². The molecule has 5 nitrogen and oxygen atoms in total. The van der Waals surface area contributed by atoms with Crippen molar-refractivity contribution in [1.82, 2.24) is 15.1 Å². The highest BCUT2D eigenvalue weighted by molar-refractivity contribution is 5.70. The first-order chi connectivity index (χ1) is 9.44. The van der Waals surface area contributed by atoms with E-state index in [1.807, 2.05) is 25.7 Å². The minimum absolute atomic E-state index is 0.125. The highest BCUT2D eigenvalue weighted by atomic mass is 16.6. The third-order valence-electron chi connectivity index (χ3n) is 4.61. The van der Waals surface area contributed by atoms with Gasteiger partial charge in [0.2, 0.25) is 0 Å². The van der Waals surface area contributed by atoms with E-state index in [0.717, 1.165) is 32.6 Å². The normalized spacial score (nSPS) is 34.5. The fourth-order valence-electron chi connectivity index (χ4n) is 3.70. The van der Waals surface area contributed by atoms with E-state index in [0.29, 0.717) is 18.1 Å². The Kier molecular flexibility index (Phi) is 3.67. The molecule has 0 aromatic heterocycles. The summed E-state index contributed by atoms with van der Waals surface area (Å²) in [7, 11) is 0. The van der Waals surface area contributed by atoms with E-state index in [1.165, 1.54) is 12.8 Å². The number of rotatable bonds is 1. The van der Waals surface area contributed by atoms with Gasteiger partial charge in [-0.1, -0.05) is 0 Å². The topological polar surface area (TPSA) is 44.8 Å². The molecule has 4 aliphatic rings. The molecular weight excluding hydrogens is 254 g/mol. The van der Waals surface area contributed by atoms with Crippen LogP contribution in [0.2, 0.25) is 0 Å². The van der Waals surface area contributed by atoms with Crippen molar-refractivity contribution in [2.24, 2.45) is 0 Å². The first-order valence-electron chi connectivity index (χ1n) is 7.90. The van der Waals surface area contributed by atoms with Crippen LogP contribution in [0.4, 0.5) is 4.79 Å². The van der Waals surface area contributed by atoms with Gasteiger partial charge in [0, 0.05) is 25.7 Å². The summed E-state index contributed by atoms with van der Waals surface area (Å²) in [5, 5.41) is 3.48. The predicted octanol–water partition coefficient (Wildman–Crippen LogP) is 1.43. The van der Waals surface area contributed by atoms with E-state index >= 15 is 0 Å². The molecule has 2 bridgehead atoms. The molecule has 3 atom stereocenters. The van der Waals surface area contributed by atoms with Crippen molar-refractivity contribution in [3.05, 3.63) is 0 Å². The van der Waals surface area contributed by atoms with Gasteiger partial charge in [-0.25, -0.2) is 4.79 Å². The molecule has 4 heterocycles. The Morgan fingerprint density at radius 1 is 1.20 bits per heavy atom. The lowest BCUT2D eigenvalue weighted by atomic mass is 9.86. The van der Waals surface area contributed by atoms with Gasteiger partial charge in [-0.05, 0) is 46.6 Å². The van der Waals surface area contributed by atoms with E-state index in [-0.39, 0.29) is 6.09 Å². The van der Waals surface area contributed by atoms with E-state index in [1.54, 1.807) is 0 Å². The lowest BCUT2D eigenvalue weighted by molar-refractivity contribution is -0.0872. The zero-order chi connectivity index (χ0) is 14.3. The molecule has 1 amide bonds. The van der Waals surface area contributed by atoms with E-state index in [2.05, 4.69) is 10.2 Å². The molecule has 20 heavy (non-hydrogen) atoms. The summed E-state index contributed by atoms with van der Waals surface area (Å²) in [5.74, 6) is 0. The largest absolute Gasteiger partial charge is 0.444 e. The molecule has 1 N–H and O–H groups in total. The third kappa shape index (κ3) is 2.79. The summed E-state index contributed by atoms with van der Waals surface area (Å²) < 4.78 is 5.51. The van der Waals surface area contributed by atoms with Crippen LogP contribution in [0.25, 0.3) is 0 Å². The van der Waals surface area contributed by atoms with Crippen molar-refractivity contribution in [3.8, 4) is 0 Å². The van der Waals surface area contributed by atoms with Gasteiger partial charge < -0.3 is 10.1 Å². The fraction of sp³-hybridized carbons (Fsp3) is 0.933. The van der Waals surface area contributed by atoms with Gasteiger partial charge in [0.25, 0.3) is 0 Å². The molecule has 0 spiro atoms. The van der Waals surface area contributed by atoms with Gasteiger partial charge in [-0.2, -0.15) is 0 Å². The molecule has 5 heteroatoms. The number of carbonyl (C=O) groups is 1. The van der Waals surface area contributed by atoms with E-state index < -0.39 is 5.60 Å². The Bertz CT molecular complexity index is 362. The molecule has 0 radical (unpaired) electrons. The molecule has 3 unspecified atom stereocenters. The maximum Gasteiger partial charge on any atom is 0.410 e. The monoisotopic (exact) mass is 281 g/mol. The summed E-state index contributed by atoms with van der Waals surface area (Å²) in [4.78, 5) is 16.8. The highest BCUT2D eigenvalue weighted by Gasteiger charge is 2.49. The summed E-state index contributed by atoms with van der Waals surface area (Å²) in [6.07, 6.45) is 3.58. The number of hydrogen-bond donors (Lipinski definition) is 1. The molecule has 4 saturated heterocycles. The Morgan fingerprint density at radius 2 is 1.90 bits per heavy atom. The summed E-state index contributed by atoms with van der Waals surface area (Å²) >= 11 is 0. The number of fused-ring (bicyclic) bond motifs is 2. The summed E-state index contributed by atoms with van der Waals surface area (Å²) in [6, 6.07) is 1.39. The van der Waals surface area contributed by atoms with Crippen LogP contribution >= 0.6 is 0 Å². The number of carbonyl (C=O) groups excluding carboxylic acids is 1. The van der Waals surface area contributed by atoms with Crippen LogP contribution in [0.15, 0.2) is 0 Å². The molecule has 0 saturated carbocycles. The molecule has 4 rings (SSSR count). The molecule has 4 fully saturated rings. The predicted molar refractivity (Wildman–Crippen MR) is 77.7 cm³/mol. The van der Waals surface area contributed by atoms with Crippen LogP contribution in [0.1, 0.15) is 40.0 Å². The highest BCUT2D eigenvalue weighted by Crippen LogP contribution is 2.35. The molecule has 0 aromatic rings. The minimum Gasteiger partial charge on any atom is -0.444 e. The Morgan fingerprint density at radius 3 is 2.45 bits per heavy atom. The number of piperidine rings is 2. The summed E-state index contributed by atoms with van der Waals surface area (Å²) in [6.45, 7) is 10.1. The van der Waals surface area contributed by atoms with Crippen LogP contribution < -0.4 is 5.32 Å². The first-order valence-corrected chi connectivity index (χ1v) is 7.90. The number of hydrogen-bond acceptors (Lipinski definition) is 4. The third-order valence-corrected chi connectivity index (χ3v) is 4.61. The van der Waals surface area contributed by atoms with Crippen molar-refractivity contribution in [2.45, 2.75) is 63.8 Å². The van der Waals surface area contributed by atoms with Gasteiger partial charge in [0.05, 0.1) is 12.1 Å². The van der Waals surface area contributed by atoms with Gasteiger partial charge >= 0.3 is 6.09 Å². The van der Waals surface area contributed by atoms with Crippen molar-refractivity contribution in [1.29, 1.82) is 0 Å². The van der Waals surface area contributed by atoms with Crippen molar-refractivity contribution < 1.29 is 9.53 Å². The minimum atomic E-state index is -0.395. The van der Waals surface area contributed by atoms with Gasteiger partial charge in [0.15, 0.2) is 0 Å². The SMILES string of the molecule is CC(C)(C)OC(=O)N1C2CC1CN(C1CCCNC1)C2. The van der Waals surface area contributed by atoms with Crippen LogP contribution in [-0.4, -0.2) is 65.8 Å². The van der Waals surface area contributed by atoms with Gasteiger partial charge in [-0.3, -0.25) is 9.80 Å². The Hall–Kier alpha value is -0.810. The van der Waals surface area contributed by atoms with Crippen LogP contribution in [0.3, 0.4) is 0 Å². The van der Waals surface area contributed by atoms with Crippen LogP contribution in [0.5, 0.6) is 0 Å². The first kappa shape index (κ1) is 14.1. The van der Waals surface area contributed by atoms with Crippen LogP contribution in [-0.2, 0) is 4.74 Å². The number of ether oxygens (including phenoxy) is 1. The van der Waals surface area contributed by atoms with Crippen molar-refractivity contribution >= 4 is 6.09 Å². The lowest BCUT2D eigenvalue weighted by Gasteiger charge is -2.57. The maximum atomic E-state index is 12.2. The molecule has 114 valence electrons. The average Bonchev–Trinajstić information content (AvgIpc) is 2.37. The zero-order valence-electron chi connectivity index (χ0n) is 12.9. The summed E-state index contributed by atoms with van der Waals surface area (Å²) in [5.41, 5.74) is -0.395. The van der Waals surface area contributed by atoms with Gasteiger partial charge in [-0.15, -0.1) is 0 Å². The molecule has 4 aliphatic heterocycles. The molecule has 0 aromatic carbocycles. The van der Waals surface area contributed by atoms with Crippen LogP contribution in [0, 0.1) is 0 Å². The van der Waals surface area contributed by atoms with E-state index in [9.17, 15) is 4.79 Å². The second kappa shape index (κ2) is 5.19. The average molecular weight is 281 g/mol. The number of piperazine rings is 1. The molecular formula is C15H27N3O2.